The SMILES string of the molecule is CCCCCNC(=O)C1N([C@@H](CO)C(C)C)C(=O)[C@@H]2[C@@H](C(=O)NCc3ccccc3)[C@@]3(C)CCC12O3. The van der Waals surface area contributed by atoms with Gasteiger partial charge in [-0.3, -0.25) is 14.4 Å². The fraction of sp³-hybridized carbons (Fsp3) is 0.679. The summed E-state index contributed by atoms with van der Waals surface area (Å²) < 4.78 is 6.63. The number of aliphatic hydroxyl groups is 1. The molecule has 3 saturated heterocycles. The predicted molar refractivity (Wildman–Crippen MR) is 136 cm³/mol. The number of benzene rings is 1. The Morgan fingerprint density at radius 3 is 2.50 bits per heavy atom. The van der Waals surface area contributed by atoms with Gasteiger partial charge in [-0.1, -0.05) is 63.9 Å². The van der Waals surface area contributed by atoms with Gasteiger partial charge in [0.2, 0.25) is 17.7 Å². The maximum atomic E-state index is 14.1. The maximum Gasteiger partial charge on any atom is 0.245 e. The zero-order chi connectivity index (χ0) is 26.1. The summed E-state index contributed by atoms with van der Waals surface area (Å²) >= 11 is 0. The summed E-state index contributed by atoms with van der Waals surface area (Å²) in [6, 6.07) is 8.24. The van der Waals surface area contributed by atoms with Crippen LogP contribution in [0.5, 0.6) is 0 Å². The lowest BCUT2D eigenvalue weighted by Crippen LogP contribution is -2.59. The van der Waals surface area contributed by atoms with Crippen LogP contribution >= 0.6 is 0 Å². The van der Waals surface area contributed by atoms with E-state index in [1.807, 2.05) is 51.1 Å². The minimum absolute atomic E-state index is 0.0669. The predicted octanol–water partition coefficient (Wildman–Crippen LogP) is 2.39. The van der Waals surface area contributed by atoms with Gasteiger partial charge in [0, 0.05) is 13.1 Å². The Balaban J connectivity index is 1.65. The first-order valence-electron chi connectivity index (χ1n) is 13.4. The van der Waals surface area contributed by atoms with Gasteiger partial charge < -0.3 is 25.4 Å². The van der Waals surface area contributed by atoms with Crippen molar-refractivity contribution in [1.82, 2.24) is 15.5 Å². The molecule has 1 spiro atoms. The highest BCUT2D eigenvalue weighted by molar-refractivity contribution is 5.99. The number of carbonyl (C=O) groups is 3. The van der Waals surface area contributed by atoms with Crippen molar-refractivity contribution in [2.75, 3.05) is 13.2 Å². The summed E-state index contributed by atoms with van der Waals surface area (Å²) in [6.45, 7) is 8.48. The number of nitrogens with one attached hydrogen (secondary N) is 2. The smallest absolute Gasteiger partial charge is 0.245 e. The number of likely N-dealkylation sites (tertiary alicyclic amines) is 1. The Hall–Kier alpha value is -2.45. The number of fused-ring (bicyclic) bond motifs is 1. The number of rotatable bonds is 11. The second-order valence-electron chi connectivity index (χ2n) is 11.2. The van der Waals surface area contributed by atoms with E-state index >= 15 is 0 Å². The summed E-state index contributed by atoms with van der Waals surface area (Å²) in [6.07, 6.45) is 4.03. The van der Waals surface area contributed by atoms with Gasteiger partial charge in [-0.25, -0.2) is 0 Å². The third-order valence-electron chi connectivity index (χ3n) is 8.45. The number of aliphatic hydroxyl groups excluding tert-OH is 1. The lowest BCUT2D eigenvalue weighted by atomic mass is 9.66. The van der Waals surface area contributed by atoms with E-state index < -0.39 is 35.1 Å². The van der Waals surface area contributed by atoms with E-state index in [0.29, 0.717) is 25.9 Å². The molecule has 0 saturated carbocycles. The van der Waals surface area contributed by atoms with Gasteiger partial charge >= 0.3 is 0 Å². The van der Waals surface area contributed by atoms with E-state index in [0.717, 1.165) is 24.8 Å². The number of hydrogen-bond acceptors (Lipinski definition) is 5. The topological polar surface area (TPSA) is 108 Å². The zero-order valence-electron chi connectivity index (χ0n) is 22.0. The molecule has 8 nitrogen and oxygen atoms in total. The molecule has 1 aromatic rings. The molecule has 36 heavy (non-hydrogen) atoms. The van der Waals surface area contributed by atoms with Gasteiger partial charge in [-0.2, -0.15) is 0 Å². The van der Waals surface area contributed by atoms with Gasteiger partial charge in [-0.15, -0.1) is 0 Å². The first-order valence-corrected chi connectivity index (χ1v) is 13.4. The molecule has 0 aliphatic carbocycles. The highest BCUT2D eigenvalue weighted by Crippen LogP contribution is 2.63. The molecule has 2 unspecified atom stereocenters. The van der Waals surface area contributed by atoms with Gasteiger partial charge in [0.05, 0.1) is 30.1 Å². The lowest BCUT2D eigenvalue weighted by Gasteiger charge is -2.38. The minimum Gasteiger partial charge on any atom is -0.394 e. The molecule has 3 aliphatic heterocycles. The van der Waals surface area contributed by atoms with Crippen LogP contribution in [-0.2, 0) is 25.7 Å². The van der Waals surface area contributed by atoms with Crippen LogP contribution in [0.1, 0.15) is 65.4 Å². The Morgan fingerprint density at radius 1 is 1.14 bits per heavy atom. The number of amides is 3. The van der Waals surface area contributed by atoms with Gasteiger partial charge in [0.1, 0.15) is 11.6 Å². The minimum atomic E-state index is -1.07. The number of ether oxygens (including phenoxy) is 1. The van der Waals surface area contributed by atoms with Crippen molar-refractivity contribution in [1.29, 1.82) is 0 Å². The van der Waals surface area contributed by atoms with Crippen LogP contribution in [0, 0.1) is 17.8 Å². The molecule has 2 bridgehead atoms. The fourth-order valence-electron chi connectivity index (χ4n) is 6.62. The monoisotopic (exact) mass is 499 g/mol. The summed E-state index contributed by atoms with van der Waals surface area (Å²) in [7, 11) is 0. The number of nitrogens with zero attached hydrogens (tertiary/aromatic N) is 1. The first kappa shape index (κ1) is 26.6. The Bertz CT molecular complexity index is 969. The Labute approximate surface area is 214 Å². The van der Waals surface area contributed by atoms with Crippen LogP contribution in [-0.4, -0.2) is 64.2 Å². The van der Waals surface area contributed by atoms with Crippen LogP contribution in [0.2, 0.25) is 0 Å². The second kappa shape index (κ2) is 10.5. The van der Waals surface area contributed by atoms with E-state index in [1.54, 1.807) is 4.90 Å². The fourth-order valence-corrected chi connectivity index (χ4v) is 6.62. The number of hydrogen-bond donors (Lipinski definition) is 3. The first-order chi connectivity index (χ1) is 17.2. The molecular formula is C28H41N3O5. The van der Waals surface area contributed by atoms with E-state index in [9.17, 15) is 19.5 Å². The van der Waals surface area contributed by atoms with Gasteiger partial charge in [0.15, 0.2) is 0 Å². The summed E-state index contributed by atoms with van der Waals surface area (Å²) in [5.41, 5.74) is -0.920. The van der Waals surface area contributed by atoms with E-state index in [1.165, 1.54) is 0 Å². The normalized spacial score (nSPS) is 31.6. The van der Waals surface area contributed by atoms with Crippen molar-refractivity contribution in [2.24, 2.45) is 17.8 Å². The standard InChI is InChI=1S/C28H41N3O5/c1-5-6-10-15-29-25(34)23-28-14-13-27(4,36-28)21(24(33)30-16-19-11-8-7-9-12-19)22(28)26(35)31(23)20(17-32)18(2)3/h7-9,11-12,18,20-23,32H,5-6,10,13-17H2,1-4H3,(H,29,34)(H,30,33)/t20-,21-,22-,23?,27+,28?/m0/s1. The molecular weight excluding hydrogens is 458 g/mol. The van der Waals surface area contributed by atoms with Crippen molar-refractivity contribution < 1.29 is 24.2 Å². The molecule has 3 heterocycles. The van der Waals surface area contributed by atoms with Gasteiger partial charge in [-0.05, 0) is 37.7 Å². The number of carbonyl (C=O) groups excluding carboxylic acids is 3. The lowest BCUT2D eigenvalue weighted by molar-refractivity contribution is -0.150. The average molecular weight is 500 g/mol. The highest BCUT2D eigenvalue weighted by atomic mass is 16.5. The van der Waals surface area contributed by atoms with E-state index in [2.05, 4.69) is 17.6 Å². The Morgan fingerprint density at radius 2 is 1.86 bits per heavy atom. The molecule has 6 atom stereocenters. The highest BCUT2D eigenvalue weighted by Gasteiger charge is 2.78. The van der Waals surface area contributed by atoms with Gasteiger partial charge in [0.25, 0.3) is 0 Å². The third kappa shape index (κ3) is 4.43. The van der Waals surface area contributed by atoms with Crippen LogP contribution in [0.25, 0.3) is 0 Å². The molecule has 0 radical (unpaired) electrons. The van der Waals surface area contributed by atoms with Crippen LogP contribution in [0.4, 0.5) is 0 Å². The molecule has 3 aliphatic rings. The zero-order valence-corrected chi connectivity index (χ0v) is 22.0. The third-order valence-corrected chi connectivity index (χ3v) is 8.45. The van der Waals surface area contributed by atoms with Crippen LogP contribution in [0.3, 0.4) is 0 Å². The van der Waals surface area contributed by atoms with Crippen molar-refractivity contribution in [2.45, 2.75) is 89.6 Å². The average Bonchev–Trinajstić information content (AvgIpc) is 3.42. The van der Waals surface area contributed by atoms with E-state index in [-0.39, 0.29) is 30.2 Å². The Kier molecular flexibility index (Phi) is 7.76. The van der Waals surface area contributed by atoms with Crippen LogP contribution in [0.15, 0.2) is 30.3 Å². The molecule has 3 amide bonds. The largest absolute Gasteiger partial charge is 0.394 e. The van der Waals surface area contributed by atoms with Crippen molar-refractivity contribution in [3.8, 4) is 0 Å². The quantitative estimate of drug-likeness (QED) is 0.405. The van der Waals surface area contributed by atoms with Crippen molar-refractivity contribution >= 4 is 17.7 Å². The van der Waals surface area contributed by atoms with Crippen molar-refractivity contribution in [3.05, 3.63) is 35.9 Å². The number of unbranched alkanes of at least 4 members (excludes halogenated alkanes) is 2. The molecule has 1 aromatic carbocycles. The molecule has 0 aromatic heterocycles. The molecule has 198 valence electrons. The second-order valence-corrected chi connectivity index (χ2v) is 11.2. The van der Waals surface area contributed by atoms with E-state index in [4.69, 9.17) is 4.74 Å². The summed E-state index contributed by atoms with van der Waals surface area (Å²) in [4.78, 5) is 42.9. The van der Waals surface area contributed by atoms with Crippen LogP contribution < -0.4 is 10.6 Å². The molecule has 3 fully saturated rings. The molecule has 4 rings (SSSR count). The molecule has 8 heteroatoms. The van der Waals surface area contributed by atoms with Crippen molar-refractivity contribution in [3.63, 3.8) is 0 Å². The molecule has 3 N–H and O–H groups in total. The summed E-state index contributed by atoms with van der Waals surface area (Å²) in [5, 5.41) is 16.3. The maximum absolute atomic E-state index is 14.1. The summed E-state index contributed by atoms with van der Waals surface area (Å²) in [5.74, 6) is -2.27.